The molecule has 0 spiro atoms. The molecule has 16 heavy (non-hydrogen) atoms. The van der Waals surface area contributed by atoms with Crippen molar-refractivity contribution in [3.63, 3.8) is 0 Å². The average Bonchev–Trinajstić information content (AvgIpc) is 2.71. The van der Waals surface area contributed by atoms with Crippen molar-refractivity contribution in [1.29, 1.82) is 0 Å². The molecule has 4 heteroatoms. The van der Waals surface area contributed by atoms with Gasteiger partial charge in [0, 0.05) is 18.1 Å². The van der Waals surface area contributed by atoms with Crippen molar-refractivity contribution in [2.75, 3.05) is 6.61 Å². The lowest BCUT2D eigenvalue weighted by Crippen LogP contribution is -1.86. The van der Waals surface area contributed by atoms with Crippen LogP contribution in [-0.4, -0.2) is 16.9 Å². The van der Waals surface area contributed by atoms with Gasteiger partial charge in [-0.05, 0) is 30.7 Å². The Balaban J connectivity index is 2.31. The van der Waals surface area contributed by atoms with Gasteiger partial charge in [0.05, 0.1) is 6.61 Å². The summed E-state index contributed by atoms with van der Waals surface area (Å²) in [4.78, 5) is 0. The smallest absolute Gasteiger partial charge is 0.139 e. The minimum atomic E-state index is -0.233. The Bertz CT molecular complexity index is 494. The highest BCUT2D eigenvalue weighted by molar-refractivity contribution is 5.59. The molecule has 0 unspecified atom stereocenters. The minimum Gasteiger partial charge on any atom is -0.396 e. The van der Waals surface area contributed by atoms with Crippen molar-refractivity contribution in [1.82, 2.24) is 5.16 Å². The second kappa shape index (κ2) is 4.45. The van der Waals surface area contributed by atoms with E-state index in [2.05, 4.69) is 5.16 Å². The maximum atomic E-state index is 13.1. The van der Waals surface area contributed by atoms with Gasteiger partial charge in [-0.15, -0.1) is 0 Å². The molecule has 0 aliphatic rings. The SMILES string of the molecule is Cc1cc(-c2cc(CCO)on2)ccc1F. The van der Waals surface area contributed by atoms with Gasteiger partial charge in [-0.3, -0.25) is 0 Å². The van der Waals surface area contributed by atoms with Crippen LogP contribution in [0.3, 0.4) is 0 Å². The fourth-order valence-corrected chi connectivity index (χ4v) is 1.48. The molecule has 1 N–H and O–H groups in total. The van der Waals surface area contributed by atoms with E-state index in [1.807, 2.05) is 0 Å². The largest absolute Gasteiger partial charge is 0.396 e. The van der Waals surface area contributed by atoms with Gasteiger partial charge in [0.2, 0.25) is 0 Å². The molecule has 0 saturated carbocycles. The van der Waals surface area contributed by atoms with E-state index >= 15 is 0 Å². The van der Waals surface area contributed by atoms with Gasteiger partial charge in [-0.2, -0.15) is 0 Å². The molecule has 1 heterocycles. The summed E-state index contributed by atoms with van der Waals surface area (Å²) < 4.78 is 18.1. The summed E-state index contributed by atoms with van der Waals surface area (Å²) in [5.74, 6) is 0.391. The first-order valence-corrected chi connectivity index (χ1v) is 5.03. The van der Waals surface area contributed by atoms with Crippen LogP contribution in [0.5, 0.6) is 0 Å². The number of hydrogen-bond acceptors (Lipinski definition) is 3. The molecule has 2 rings (SSSR count). The van der Waals surface area contributed by atoms with Crippen LogP contribution in [0, 0.1) is 12.7 Å². The molecule has 0 saturated heterocycles. The summed E-state index contributed by atoms with van der Waals surface area (Å²) >= 11 is 0. The molecule has 0 fully saturated rings. The first-order valence-electron chi connectivity index (χ1n) is 5.03. The highest BCUT2D eigenvalue weighted by Crippen LogP contribution is 2.21. The van der Waals surface area contributed by atoms with Crippen molar-refractivity contribution in [3.8, 4) is 11.3 Å². The summed E-state index contributed by atoms with van der Waals surface area (Å²) in [6, 6.07) is 6.53. The third kappa shape index (κ3) is 2.12. The minimum absolute atomic E-state index is 0.0249. The summed E-state index contributed by atoms with van der Waals surface area (Å²) in [7, 11) is 0. The third-order valence-corrected chi connectivity index (χ3v) is 2.37. The standard InChI is InChI=1S/C12H12FNO2/c1-8-6-9(2-3-11(8)13)12-7-10(4-5-15)16-14-12/h2-3,6-7,15H,4-5H2,1H3. The van der Waals surface area contributed by atoms with Crippen LogP contribution in [0.2, 0.25) is 0 Å². The van der Waals surface area contributed by atoms with Gasteiger partial charge in [0.15, 0.2) is 0 Å². The van der Waals surface area contributed by atoms with Crippen LogP contribution in [-0.2, 0) is 6.42 Å². The predicted octanol–water partition coefficient (Wildman–Crippen LogP) is 2.32. The molecular weight excluding hydrogens is 209 g/mol. The maximum Gasteiger partial charge on any atom is 0.139 e. The second-order valence-electron chi connectivity index (χ2n) is 3.62. The number of aliphatic hydroxyl groups is 1. The Hall–Kier alpha value is -1.68. The molecule has 2 aromatic rings. The number of aliphatic hydroxyl groups excluding tert-OH is 1. The van der Waals surface area contributed by atoms with Gasteiger partial charge in [0.1, 0.15) is 17.3 Å². The quantitative estimate of drug-likeness (QED) is 0.865. The van der Waals surface area contributed by atoms with Crippen LogP contribution >= 0.6 is 0 Å². The van der Waals surface area contributed by atoms with E-state index < -0.39 is 0 Å². The van der Waals surface area contributed by atoms with E-state index in [4.69, 9.17) is 9.63 Å². The van der Waals surface area contributed by atoms with Crippen molar-refractivity contribution in [2.45, 2.75) is 13.3 Å². The van der Waals surface area contributed by atoms with E-state index in [-0.39, 0.29) is 12.4 Å². The first-order chi connectivity index (χ1) is 7.70. The second-order valence-corrected chi connectivity index (χ2v) is 3.62. The number of rotatable bonds is 3. The Morgan fingerprint density at radius 1 is 1.38 bits per heavy atom. The molecule has 84 valence electrons. The summed E-state index contributed by atoms with van der Waals surface area (Å²) in [5.41, 5.74) is 2.04. The lowest BCUT2D eigenvalue weighted by molar-refractivity contribution is 0.277. The van der Waals surface area contributed by atoms with E-state index in [1.165, 1.54) is 6.07 Å². The highest BCUT2D eigenvalue weighted by Gasteiger charge is 2.07. The summed E-state index contributed by atoms with van der Waals surface area (Å²) in [6.45, 7) is 1.73. The molecule has 0 radical (unpaired) electrons. The Labute approximate surface area is 92.5 Å². The van der Waals surface area contributed by atoms with E-state index in [9.17, 15) is 4.39 Å². The van der Waals surface area contributed by atoms with Crippen LogP contribution in [0.4, 0.5) is 4.39 Å². The molecule has 0 aliphatic heterocycles. The fourth-order valence-electron chi connectivity index (χ4n) is 1.48. The maximum absolute atomic E-state index is 13.1. The lowest BCUT2D eigenvalue weighted by Gasteiger charge is -1.98. The lowest BCUT2D eigenvalue weighted by atomic mass is 10.1. The molecule has 3 nitrogen and oxygen atoms in total. The van der Waals surface area contributed by atoms with E-state index in [0.29, 0.717) is 23.4 Å². The van der Waals surface area contributed by atoms with Crippen molar-refractivity contribution in [3.05, 3.63) is 41.4 Å². The molecule has 1 aromatic carbocycles. The van der Waals surface area contributed by atoms with Crippen molar-refractivity contribution < 1.29 is 14.0 Å². The summed E-state index contributed by atoms with van der Waals surface area (Å²) in [5, 5.41) is 12.6. The molecule has 0 bridgehead atoms. The average molecular weight is 221 g/mol. The zero-order chi connectivity index (χ0) is 11.5. The van der Waals surface area contributed by atoms with E-state index in [0.717, 1.165) is 5.56 Å². The Morgan fingerprint density at radius 2 is 2.19 bits per heavy atom. The van der Waals surface area contributed by atoms with Gasteiger partial charge in [0.25, 0.3) is 0 Å². The van der Waals surface area contributed by atoms with Crippen LogP contribution in [0.1, 0.15) is 11.3 Å². The molecular formula is C12H12FNO2. The Kier molecular flexibility index (Phi) is 3.01. The van der Waals surface area contributed by atoms with Crippen molar-refractivity contribution >= 4 is 0 Å². The number of nitrogens with zero attached hydrogens (tertiary/aromatic N) is 1. The van der Waals surface area contributed by atoms with E-state index in [1.54, 1.807) is 25.1 Å². The fraction of sp³-hybridized carbons (Fsp3) is 0.250. The van der Waals surface area contributed by atoms with Gasteiger partial charge < -0.3 is 9.63 Å². The third-order valence-electron chi connectivity index (χ3n) is 2.37. The normalized spacial score (nSPS) is 10.7. The van der Waals surface area contributed by atoms with Crippen LogP contribution in [0.15, 0.2) is 28.8 Å². The van der Waals surface area contributed by atoms with Gasteiger partial charge >= 0.3 is 0 Å². The topological polar surface area (TPSA) is 46.3 Å². The molecule has 1 aromatic heterocycles. The molecule has 0 amide bonds. The number of halogens is 1. The predicted molar refractivity (Wildman–Crippen MR) is 57.4 cm³/mol. The molecule has 0 atom stereocenters. The van der Waals surface area contributed by atoms with Gasteiger partial charge in [-0.25, -0.2) is 4.39 Å². The zero-order valence-corrected chi connectivity index (χ0v) is 8.90. The first kappa shape index (κ1) is 10.8. The van der Waals surface area contributed by atoms with Crippen LogP contribution < -0.4 is 0 Å². The van der Waals surface area contributed by atoms with Crippen molar-refractivity contribution in [2.24, 2.45) is 0 Å². The number of aryl methyl sites for hydroxylation is 1. The highest BCUT2D eigenvalue weighted by atomic mass is 19.1. The summed E-state index contributed by atoms with van der Waals surface area (Å²) in [6.07, 6.45) is 0.438. The molecule has 0 aliphatic carbocycles. The number of benzene rings is 1. The Morgan fingerprint density at radius 3 is 2.88 bits per heavy atom. The zero-order valence-electron chi connectivity index (χ0n) is 8.90. The van der Waals surface area contributed by atoms with Gasteiger partial charge in [-0.1, -0.05) is 5.16 Å². The number of aromatic nitrogens is 1. The van der Waals surface area contributed by atoms with Crippen LogP contribution in [0.25, 0.3) is 11.3 Å². The number of hydrogen-bond donors (Lipinski definition) is 1. The monoisotopic (exact) mass is 221 g/mol.